The van der Waals surface area contributed by atoms with Crippen molar-refractivity contribution in [3.8, 4) is 21.6 Å². The standard InChI is InChI=1S/C38H22OS/c1-2-10-24-19-25(18-17-23(24)9-1)37-28-12-3-5-14-30(28)38(31-15-6-4-13-29(31)37)36-21-26-20-34-32(22-35(26)40-36)27-11-7-8-16-33(27)39-34/h1-22H. The fourth-order valence-corrected chi connectivity index (χ4v) is 7.59. The number of hydrogen-bond acceptors (Lipinski definition) is 2. The monoisotopic (exact) mass is 526 g/mol. The van der Waals surface area contributed by atoms with E-state index in [0.717, 1.165) is 11.2 Å². The van der Waals surface area contributed by atoms with Gasteiger partial charge in [-0.05, 0) is 79.2 Å². The van der Waals surface area contributed by atoms with Gasteiger partial charge in [0.1, 0.15) is 11.2 Å². The van der Waals surface area contributed by atoms with E-state index in [2.05, 4.69) is 121 Å². The summed E-state index contributed by atoms with van der Waals surface area (Å²) in [6.07, 6.45) is 0. The van der Waals surface area contributed by atoms with Crippen LogP contribution in [0, 0.1) is 0 Å². The summed E-state index contributed by atoms with van der Waals surface area (Å²) < 4.78 is 7.49. The summed E-state index contributed by atoms with van der Waals surface area (Å²) >= 11 is 1.87. The Hall–Kier alpha value is -4.92. The van der Waals surface area contributed by atoms with Crippen LogP contribution in [0.2, 0.25) is 0 Å². The van der Waals surface area contributed by atoms with Gasteiger partial charge in [0.15, 0.2) is 0 Å². The van der Waals surface area contributed by atoms with E-state index in [-0.39, 0.29) is 0 Å². The summed E-state index contributed by atoms with van der Waals surface area (Å²) in [6.45, 7) is 0. The molecule has 2 aromatic heterocycles. The Morgan fingerprint density at radius 3 is 1.77 bits per heavy atom. The Bertz CT molecular complexity index is 2380. The third-order valence-electron chi connectivity index (χ3n) is 8.23. The van der Waals surface area contributed by atoms with E-state index < -0.39 is 0 Å². The molecular formula is C38H22OS. The SMILES string of the molecule is c1ccc2cc(-c3c4ccccc4c(-c4cc5cc6oc7ccccc7c6cc5s4)c4ccccc34)ccc2c1. The van der Waals surface area contributed by atoms with Crippen molar-refractivity contribution in [2.75, 3.05) is 0 Å². The van der Waals surface area contributed by atoms with E-state index in [0.29, 0.717) is 0 Å². The molecule has 0 bridgehead atoms. The van der Waals surface area contributed by atoms with Crippen LogP contribution >= 0.6 is 11.3 Å². The van der Waals surface area contributed by atoms with Gasteiger partial charge in [-0.3, -0.25) is 0 Å². The van der Waals surface area contributed by atoms with Gasteiger partial charge in [-0.2, -0.15) is 0 Å². The molecule has 0 saturated heterocycles. The molecule has 0 N–H and O–H groups in total. The number of rotatable bonds is 2. The van der Waals surface area contributed by atoms with E-state index in [4.69, 9.17) is 4.42 Å². The summed E-state index contributed by atoms with van der Waals surface area (Å²) in [6, 6.07) is 48.4. The lowest BCUT2D eigenvalue weighted by atomic mass is 9.87. The lowest BCUT2D eigenvalue weighted by Gasteiger charge is -2.17. The van der Waals surface area contributed by atoms with Crippen LogP contribution in [0.15, 0.2) is 138 Å². The van der Waals surface area contributed by atoms with Crippen molar-refractivity contribution in [1.82, 2.24) is 0 Å². The highest BCUT2D eigenvalue weighted by molar-refractivity contribution is 7.22. The van der Waals surface area contributed by atoms with Crippen LogP contribution in [0.4, 0.5) is 0 Å². The number of fused-ring (bicyclic) bond motifs is 7. The number of benzene rings is 7. The molecule has 0 amide bonds. The highest BCUT2D eigenvalue weighted by Gasteiger charge is 2.19. The second-order valence-electron chi connectivity index (χ2n) is 10.5. The maximum absolute atomic E-state index is 6.22. The van der Waals surface area contributed by atoms with Gasteiger partial charge in [0.2, 0.25) is 0 Å². The first-order valence-corrected chi connectivity index (χ1v) is 14.4. The molecular weight excluding hydrogens is 504 g/mol. The van der Waals surface area contributed by atoms with Crippen molar-refractivity contribution in [1.29, 1.82) is 0 Å². The first kappa shape index (κ1) is 22.0. The van der Waals surface area contributed by atoms with Gasteiger partial charge in [0.25, 0.3) is 0 Å². The van der Waals surface area contributed by atoms with Crippen molar-refractivity contribution in [2.45, 2.75) is 0 Å². The summed E-state index contributed by atoms with van der Waals surface area (Å²) in [5, 5.41) is 11.2. The smallest absolute Gasteiger partial charge is 0.136 e. The topological polar surface area (TPSA) is 13.1 Å². The molecule has 1 nitrogen and oxygen atoms in total. The molecule has 9 aromatic rings. The molecule has 40 heavy (non-hydrogen) atoms. The normalized spacial score (nSPS) is 12.0. The minimum atomic E-state index is 0.941. The Balaban J connectivity index is 1.35. The van der Waals surface area contributed by atoms with Gasteiger partial charge >= 0.3 is 0 Å². The van der Waals surface area contributed by atoms with Crippen molar-refractivity contribution in [3.05, 3.63) is 133 Å². The van der Waals surface area contributed by atoms with E-state index in [1.165, 1.54) is 74.7 Å². The van der Waals surface area contributed by atoms with Crippen LogP contribution < -0.4 is 0 Å². The van der Waals surface area contributed by atoms with Gasteiger partial charge in [0, 0.05) is 25.9 Å². The molecule has 9 rings (SSSR count). The van der Waals surface area contributed by atoms with Crippen molar-refractivity contribution < 1.29 is 4.42 Å². The zero-order valence-corrected chi connectivity index (χ0v) is 22.3. The van der Waals surface area contributed by atoms with Crippen molar-refractivity contribution >= 4 is 75.7 Å². The van der Waals surface area contributed by atoms with Gasteiger partial charge in [-0.25, -0.2) is 0 Å². The molecule has 186 valence electrons. The Labute approximate surface area is 234 Å². The van der Waals surface area contributed by atoms with Crippen LogP contribution in [-0.2, 0) is 0 Å². The summed E-state index contributed by atoms with van der Waals surface area (Å²) in [4.78, 5) is 1.28. The van der Waals surface area contributed by atoms with E-state index in [1.807, 2.05) is 23.5 Å². The molecule has 0 radical (unpaired) electrons. The van der Waals surface area contributed by atoms with E-state index in [9.17, 15) is 0 Å². The summed E-state index contributed by atoms with van der Waals surface area (Å²) in [5.74, 6) is 0. The van der Waals surface area contributed by atoms with E-state index in [1.54, 1.807) is 0 Å². The zero-order chi connectivity index (χ0) is 26.2. The quantitative estimate of drug-likeness (QED) is 0.204. The van der Waals surface area contributed by atoms with Crippen LogP contribution in [0.3, 0.4) is 0 Å². The molecule has 0 saturated carbocycles. The molecule has 2 heterocycles. The Kier molecular flexibility index (Phi) is 4.55. The third-order valence-corrected chi connectivity index (χ3v) is 9.35. The maximum Gasteiger partial charge on any atom is 0.136 e. The van der Waals surface area contributed by atoms with Gasteiger partial charge in [0.05, 0.1) is 0 Å². The van der Waals surface area contributed by atoms with Gasteiger partial charge in [-0.1, -0.05) is 103 Å². The van der Waals surface area contributed by atoms with Gasteiger partial charge in [-0.15, -0.1) is 11.3 Å². The fourth-order valence-electron chi connectivity index (χ4n) is 6.43. The molecule has 0 aliphatic heterocycles. The first-order chi connectivity index (χ1) is 19.8. The number of hydrogen-bond donors (Lipinski definition) is 0. The minimum absolute atomic E-state index is 0.941. The molecule has 0 spiro atoms. The number of furan rings is 1. The molecule has 0 aliphatic carbocycles. The lowest BCUT2D eigenvalue weighted by Crippen LogP contribution is -1.89. The Morgan fingerprint density at radius 1 is 0.400 bits per heavy atom. The molecule has 7 aromatic carbocycles. The van der Waals surface area contributed by atoms with E-state index >= 15 is 0 Å². The molecule has 0 fully saturated rings. The van der Waals surface area contributed by atoms with Gasteiger partial charge < -0.3 is 4.42 Å². The largest absolute Gasteiger partial charge is 0.456 e. The first-order valence-electron chi connectivity index (χ1n) is 13.6. The molecule has 0 unspecified atom stereocenters. The molecule has 2 heteroatoms. The second kappa shape index (κ2) is 8.29. The lowest BCUT2D eigenvalue weighted by molar-refractivity contribution is 0.669. The average molecular weight is 527 g/mol. The molecule has 0 aliphatic rings. The van der Waals surface area contributed by atoms with Crippen LogP contribution in [0.1, 0.15) is 0 Å². The molecule has 0 atom stereocenters. The summed E-state index contributed by atoms with van der Waals surface area (Å²) in [5.41, 5.74) is 5.74. The highest BCUT2D eigenvalue weighted by atomic mass is 32.1. The third kappa shape index (κ3) is 3.14. The van der Waals surface area contributed by atoms with Crippen LogP contribution in [0.25, 0.3) is 85.9 Å². The van der Waals surface area contributed by atoms with Crippen LogP contribution in [-0.4, -0.2) is 0 Å². The fraction of sp³-hybridized carbons (Fsp3) is 0. The van der Waals surface area contributed by atoms with Crippen molar-refractivity contribution in [2.24, 2.45) is 0 Å². The number of thiophene rings is 1. The highest BCUT2D eigenvalue weighted by Crippen LogP contribution is 2.47. The zero-order valence-electron chi connectivity index (χ0n) is 21.5. The predicted molar refractivity (Wildman–Crippen MR) is 172 cm³/mol. The maximum atomic E-state index is 6.22. The summed E-state index contributed by atoms with van der Waals surface area (Å²) in [7, 11) is 0. The van der Waals surface area contributed by atoms with Crippen LogP contribution in [0.5, 0.6) is 0 Å². The number of para-hydroxylation sites is 1. The minimum Gasteiger partial charge on any atom is -0.456 e. The average Bonchev–Trinajstić information content (AvgIpc) is 3.58. The van der Waals surface area contributed by atoms with Crippen molar-refractivity contribution in [3.63, 3.8) is 0 Å². The second-order valence-corrected chi connectivity index (χ2v) is 11.6. The predicted octanol–water partition coefficient (Wildman–Crippen LogP) is 11.6. The Morgan fingerprint density at radius 2 is 1.02 bits per heavy atom.